The number of rotatable bonds is 22. The molecular formula is C47H63FN2O7. The van der Waals surface area contributed by atoms with Crippen molar-refractivity contribution in [2.75, 3.05) is 33.0 Å². The van der Waals surface area contributed by atoms with E-state index in [4.69, 9.17) is 24.2 Å². The molecule has 2 aromatic rings. The van der Waals surface area contributed by atoms with Crippen molar-refractivity contribution < 1.29 is 38.4 Å². The van der Waals surface area contributed by atoms with Crippen LogP contribution in [0.15, 0.2) is 84.6 Å². The molecule has 1 heterocycles. The smallest absolute Gasteiger partial charge is 0.239 e. The third-order valence-corrected chi connectivity index (χ3v) is 12.5. The van der Waals surface area contributed by atoms with E-state index in [1.54, 1.807) is 24.3 Å². The van der Waals surface area contributed by atoms with Crippen molar-refractivity contribution in [3.63, 3.8) is 0 Å². The summed E-state index contributed by atoms with van der Waals surface area (Å²) in [6.07, 6.45) is 16.7. The zero-order valence-electron chi connectivity index (χ0n) is 33.8. The molecule has 0 saturated heterocycles. The first-order chi connectivity index (χ1) is 27.9. The Balaban J connectivity index is 1.57. The van der Waals surface area contributed by atoms with Crippen molar-refractivity contribution in [2.45, 2.75) is 115 Å². The predicted octanol–water partition coefficient (Wildman–Crippen LogP) is 9.04. The summed E-state index contributed by atoms with van der Waals surface area (Å²) in [6.45, 7) is 11.2. The van der Waals surface area contributed by atoms with E-state index < -0.39 is 17.7 Å². The summed E-state index contributed by atoms with van der Waals surface area (Å²) < 4.78 is 34.8. The fourth-order valence-electron chi connectivity index (χ4n) is 9.96. The van der Waals surface area contributed by atoms with Crippen LogP contribution >= 0.6 is 0 Å². The number of oxime groups is 1. The van der Waals surface area contributed by atoms with E-state index in [1.807, 2.05) is 24.0 Å². The van der Waals surface area contributed by atoms with Gasteiger partial charge in [-0.05, 0) is 98.2 Å². The van der Waals surface area contributed by atoms with Gasteiger partial charge in [0.15, 0.2) is 0 Å². The number of carbonyl (C=O) groups excluding carboxylic acids is 1. The van der Waals surface area contributed by atoms with Gasteiger partial charge in [0, 0.05) is 44.1 Å². The lowest BCUT2D eigenvalue weighted by Crippen LogP contribution is -2.70. The number of amides is 1. The van der Waals surface area contributed by atoms with Gasteiger partial charge in [-0.15, -0.1) is 6.58 Å². The number of unbranched alkanes of at least 4 members (excludes halogenated alkanes) is 2. The van der Waals surface area contributed by atoms with Crippen molar-refractivity contribution >= 4 is 11.6 Å². The minimum absolute atomic E-state index is 0.00250. The number of carbonyl (C=O) groups is 1. The summed E-state index contributed by atoms with van der Waals surface area (Å²) in [5.74, 6) is -0.149. The standard InChI is InChI=1S/C47H63FN2O7/c1-4-27-54-37-22-23-42-40(30-37)45-38(16-10-12-26-52)35(15-9-11-25-51)29-39-41(49-56-6-3)31-43(47(57-42,46(39)45)55-28-5-2)50(32-34-17-20-36(48)21-18-34)44(53)24-19-33-13-7-8-14-33/h4-5,17-18,20-23,29-30,33,35,38,43,45-46,51-52H,1-2,6-16,19,24-28,31-32H2,3H3. The van der Waals surface area contributed by atoms with Crippen LogP contribution in [-0.2, 0) is 20.9 Å². The Bertz CT molecular complexity index is 1710. The molecule has 57 heavy (non-hydrogen) atoms. The molecule has 310 valence electrons. The molecule has 0 radical (unpaired) electrons. The van der Waals surface area contributed by atoms with Gasteiger partial charge in [0.05, 0.1) is 18.2 Å². The minimum Gasteiger partial charge on any atom is -0.490 e. The Hall–Kier alpha value is -3.99. The molecule has 2 saturated carbocycles. The maximum Gasteiger partial charge on any atom is 0.239 e. The fraction of sp³-hybridized carbons (Fsp3) is 0.574. The molecule has 6 rings (SSSR count). The van der Waals surface area contributed by atoms with Gasteiger partial charge in [0.2, 0.25) is 11.7 Å². The van der Waals surface area contributed by atoms with Gasteiger partial charge < -0.3 is 34.2 Å². The molecule has 0 aromatic heterocycles. The van der Waals surface area contributed by atoms with Crippen molar-refractivity contribution in [2.24, 2.45) is 28.8 Å². The van der Waals surface area contributed by atoms with E-state index in [-0.39, 0.29) is 55.8 Å². The normalized spacial score (nSPS) is 25.9. The van der Waals surface area contributed by atoms with E-state index in [0.29, 0.717) is 56.3 Å². The zero-order valence-corrected chi connectivity index (χ0v) is 33.8. The Morgan fingerprint density at radius 2 is 1.74 bits per heavy atom. The highest BCUT2D eigenvalue weighted by Crippen LogP contribution is 2.62. The van der Waals surface area contributed by atoms with Crippen LogP contribution in [0.2, 0.25) is 0 Å². The average molecular weight is 787 g/mol. The summed E-state index contributed by atoms with van der Waals surface area (Å²) in [5, 5.41) is 24.5. The summed E-state index contributed by atoms with van der Waals surface area (Å²) in [5.41, 5.74) is 3.55. The van der Waals surface area contributed by atoms with Crippen molar-refractivity contribution in [1.82, 2.24) is 4.90 Å². The zero-order chi connectivity index (χ0) is 40.2. The van der Waals surface area contributed by atoms with Crippen LogP contribution < -0.4 is 9.47 Å². The van der Waals surface area contributed by atoms with Crippen LogP contribution in [0.5, 0.6) is 11.5 Å². The average Bonchev–Trinajstić information content (AvgIpc) is 3.75. The SMILES string of the molecule is C=CCOc1ccc2c(c1)C1C(CCCCO)C(CCCCO)C=C3C(=NOCC)CC(N(Cc4ccc(F)cc4)C(=O)CCC4CCCC4)C(OCC=C)(O2)C31. The van der Waals surface area contributed by atoms with Gasteiger partial charge in [-0.2, -0.15) is 0 Å². The van der Waals surface area contributed by atoms with Gasteiger partial charge >= 0.3 is 0 Å². The van der Waals surface area contributed by atoms with E-state index in [9.17, 15) is 19.4 Å². The summed E-state index contributed by atoms with van der Waals surface area (Å²) >= 11 is 0. The largest absolute Gasteiger partial charge is 0.490 e. The third kappa shape index (κ3) is 9.83. The van der Waals surface area contributed by atoms with E-state index in [2.05, 4.69) is 25.3 Å². The summed E-state index contributed by atoms with van der Waals surface area (Å²) in [4.78, 5) is 22.7. The van der Waals surface area contributed by atoms with E-state index >= 15 is 0 Å². The molecule has 1 aliphatic heterocycles. The van der Waals surface area contributed by atoms with Crippen LogP contribution in [0.25, 0.3) is 0 Å². The van der Waals surface area contributed by atoms with Crippen molar-refractivity contribution in [3.8, 4) is 11.5 Å². The summed E-state index contributed by atoms with van der Waals surface area (Å²) in [6, 6.07) is 11.7. The number of benzene rings is 2. The summed E-state index contributed by atoms with van der Waals surface area (Å²) in [7, 11) is 0. The Kier molecular flexibility index (Phi) is 15.4. The molecule has 2 aromatic carbocycles. The number of ether oxygens (including phenoxy) is 3. The fourth-order valence-corrected chi connectivity index (χ4v) is 9.96. The molecule has 3 aliphatic carbocycles. The van der Waals surface area contributed by atoms with Crippen LogP contribution in [-0.4, -0.2) is 71.6 Å². The molecule has 0 bridgehead atoms. The number of hydrogen-bond donors (Lipinski definition) is 2. The van der Waals surface area contributed by atoms with Crippen molar-refractivity contribution in [3.05, 3.63) is 96.4 Å². The van der Waals surface area contributed by atoms with Crippen molar-refractivity contribution in [1.29, 1.82) is 0 Å². The number of aliphatic hydroxyl groups excluding tert-OH is 2. The van der Waals surface area contributed by atoms with Gasteiger partial charge in [-0.3, -0.25) is 4.79 Å². The minimum atomic E-state index is -1.36. The number of halogens is 1. The first-order valence-corrected chi connectivity index (χ1v) is 21.3. The van der Waals surface area contributed by atoms with Crippen LogP contribution in [0, 0.1) is 29.5 Å². The molecule has 9 nitrogen and oxygen atoms in total. The van der Waals surface area contributed by atoms with Gasteiger partial charge in [0.25, 0.3) is 0 Å². The molecule has 0 spiro atoms. The number of fused-ring (bicyclic) bond motifs is 2. The second-order valence-corrected chi connectivity index (χ2v) is 16.1. The van der Waals surface area contributed by atoms with Crippen LogP contribution in [0.3, 0.4) is 0 Å². The highest BCUT2D eigenvalue weighted by Gasteiger charge is 2.65. The number of hydrogen-bond acceptors (Lipinski definition) is 8. The quantitative estimate of drug-likeness (QED) is 0.0697. The first-order valence-electron chi connectivity index (χ1n) is 21.3. The molecular weight excluding hydrogens is 724 g/mol. The lowest BCUT2D eigenvalue weighted by Gasteiger charge is -2.60. The molecule has 2 N–H and O–H groups in total. The molecule has 6 atom stereocenters. The van der Waals surface area contributed by atoms with Crippen LogP contribution in [0.4, 0.5) is 4.39 Å². The maximum atomic E-state index is 14.9. The Labute approximate surface area is 338 Å². The van der Waals surface area contributed by atoms with Gasteiger partial charge in [0.1, 0.15) is 36.6 Å². The third-order valence-electron chi connectivity index (χ3n) is 12.5. The monoisotopic (exact) mass is 786 g/mol. The topological polar surface area (TPSA) is 110 Å². The lowest BCUT2D eigenvalue weighted by atomic mass is 9.55. The lowest BCUT2D eigenvalue weighted by molar-refractivity contribution is -0.258. The van der Waals surface area contributed by atoms with Gasteiger partial charge in [-0.1, -0.05) is 80.6 Å². The molecule has 10 heteroatoms. The highest BCUT2D eigenvalue weighted by atomic mass is 19.1. The molecule has 1 amide bonds. The molecule has 2 fully saturated rings. The van der Waals surface area contributed by atoms with E-state index in [1.165, 1.54) is 25.0 Å². The maximum absolute atomic E-state index is 14.9. The van der Waals surface area contributed by atoms with Crippen LogP contribution in [0.1, 0.15) is 107 Å². The predicted molar refractivity (Wildman–Crippen MR) is 220 cm³/mol. The second kappa shape index (κ2) is 20.6. The Morgan fingerprint density at radius 3 is 2.44 bits per heavy atom. The highest BCUT2D eigenvalue weighted by molar-refractivity contribution is 6.03. The number of aliphatic hydroxyl groups is 2. The number of nitrogens with zero attached hydrogens (tertiary/aromatic N) is 2. The first kappa shape index (κ1) is 42.6. The molecule has 6 unspecified atom stereocenters. The molecule has 4 aliphatic rings. The van der Waals surface area contributed by atoms with E-state index in [0.717, 1.165) is 67.4 Å². The van der Waals surface area contributed by atoms with Gasteiger partial charge in [-0.25, -0.2) is 4.39 Å². The second-order valence-electron chi connectivity index (χ2n) is 16.1. The Morgan fingerprint density at radius 1 is 1.00 bits per heavy atom. The number of allylic oxidation sites excluding steroid dienone is 1.